The minimum atomic E-state index is 0.252. The molecular formula is C14H14Br2N2. The first-order valence-corrected chi connectivity index (χ1v) is 7.31. The number of likely N-dealkylation sites (N-methyl/N-ethyl adjacent to an activating group) is 1. The minimum absolute atomic E-state index is 0.252. The molecule has 0 aliphatic heterocycles. The number of hydrogen-bond acceptors (Lipinski definition) is 2. The Morgan fingerprint density at radius 3 is 2.67 bits per heavy atom. The van der Waals surface area contributed by atoms with Gasteiger partial charge in [0.05, 0.1) is 0 Å². The van der Waals surface area contributed by atoms with Gasteiger partial charge < -0.3 is 5.32 Å². The molecule has 0 spiro atoms. The quantitative estimate of drug-likeness (QED) is 0.877. The predicted octanol–water partition coefficient (Wildman–Crippen LogP) is 4.11. The van der Waals surface area contributed by atoms with E-state index in [-0.39, 0.29) is 6.04 Å². The summed E-state index contributed by atoms with van der Waals surface area (Å²) >= 11 is 7.08. The molecule has 1 heterocycles. The average Bonchev–Trinajstić information content (AvgIpc) is 2.38. The molecule has 0 bridgehead atoms. The summed E-state index contributed by atoms with van der Waals surface area (Å²) in [7, 11) is 1.97. The van der Waals surface area contributed by atoms with E-state index in [4.69, 9.17) is 0 Å². The lowest BCUT2D eigenvalue weighted by Crippen LogP contribution is -2.19. The highest BCUT2D eigenvalue weighted by molar-refractivity contribution is 9.11. The van der Waals surface area contributed by atoms with Crippen molar-refractivity contribution in [2.75, 3.05) is 7.05 Å². The smallest absolute Gasteiger partial charge is 0.0422 e. The van der Waals surface area contributed by atoms with E-state index in [2.05, 4.69) is 66.4 Å². The molecule has 18 heavy (non-hydrogen) atoms. The van der Waals surface area contributed by atoms with Crippen molar-refractivity contribution >= 4 is 31.9 Å². The Bertz CT molecular complexity index is 514. The fourth-order valence-electron chi connectivity index (χ4n) is 1.88. The van der Waals surface area contributed by atoms with Crippen LogP contribution < -0.4 is 5.32 Å². The molecular weight excluding hydrogens is 356 g/mol. The highest BCUT2D eigenvalue weighted by Gasteiger charge is 2.13. The molecule has 2 nitrogen and oxygen atoms in total. The summed E-state index contributed by atoms with van der Waals surface area (Å²) in [5.74, 6) is 0. The number of nitrogens with zero attached hydrogens (tertiary/aromatic N) is 1. The predicted molar refractivity (Wildman–Crippen MR) is 81.6 cm³/mol. The molecule has 0 saturated carbocycles. The second-order valence-corrected chi connectivity index (χ2v) is 5.80. The SMILES string of the molecule is CNC(Cc1ccccn1)c1ccc(Br)cc1Br. The Balaban J connectivity index is 2.23. The zero-order valence-electron chi connectivity index (χ0n) is 10.0. The van der Waals surface area contributed by atoms with Crippen molar-refractivity contribution in [2.24, 2.45) is 0 Å². The van der Waals surface area contributed by atoms with Crippen LogP contribution in [-0.2, 0) is 6.42 Å². The van der Waals surface area contributed by atoms with Crippen LogP contribution in [0.25, 0.3) is 0 Å². The van der Waals surface area contributed by atoms with Crippen LogP contribution in [0.15, 0.2) is 51.5 Å². The van der Waals surface area contributed by atoms with Crippen molar-refractivity contribution < 1.29 is 0 Å². The lowest BCUT2D eigenvalue weighted by molar-refractivity contribution is 0.582. The third kappa shape index (κ3) is 3.40. The third-order valence-electron chi connectivity index (χ3n) is 2.83. The van der Waals surface area contributed by atoms with Crippen LogP contribution in [0.1, 0.15) is 17.3 Å². The van der Waals surface area contributed by atoms with E-state index in [9.17, 15) is 0 Å². The zero-order valence-corrected chi connectivity index (χ0v) is 13.2. The highest BCUT2D eigenvalue weighted by Crippen LogP contribution is 2.28. The summed E-state index contributed by atoms with van der Waals surface area (Å²) in [6.45, 7) is 0. The van der Waals surface area contributed by atoms with Gasteiger partial charge in [-0.05, 0) is 36.9 Å². The van der Waals surface area contributed by atoms with Gasteiger partial charge in [-0.3, -0.25) is 4.98 Å². The number of benzene rings is 1. The summed E-state index contributed by atoms with van der Waals surface area (Å²) in [6, 6.07) is 12.5. The average molecular weight is 370 g/mol. The number of halogens is 2. The Morgan fingerprint density at radius 1 is 1.22 bits per heavy atom. The van der Waals surface area contributed by atoms with Crippen molar-refractivity contribution in [3.8, 4) is 0 Å². The van der Waals surface area contributed by atoms with Crippen molar-refractivity contribution in [3.63, 3.8) is 0 Å². The molecule has 1 aromatic heterocycles. The number of hydrogen-bond donors (Lipinski definition) is 1. The maximum Gasteiger partial charge on any atom is 0.0422 e. The van der Waals surface area contributed by atoms with E-state index in [0.29, 0.717) is 0 Å². The number of nitrogens with one attached hydrogen (secondary N) is 1. The van der Waals surface area contributed by atoms with Gasteiger partial charge in [-0.1, -0.05) is 44.0 Å². The fourth-order valence-corrected chi connectivity index (χ4v) is 3.20. The van der Waals surface area contributed by atoms with Gasteiger partial charge in [-0.15, -0.1) is 0 Å². The molecule has 0 radical (unpaired) electrons. The maximum atomic E-state index is 4.37. The van der Waals surface area contributed by atoms with E-state index < -0.39 is 0 Å². The van der Waals surface area contributed by atoms with Crippen molar-refractivity contribution in [2.45, 2.75) is 12.5 Å². The molecule has 2 rings (SSSR count). The van der Waals surface area contributed by atoms with Gasteiger partial charge in [0.25, 0.3) is 0 Å². The van der Waals surface area contributed by atoms with Crippen molar-refractivity contribution in [1.82, 2.24) is 10.3 Å². The van der Waals surface area contributed by atoms with Crippen LogP contribution in [0.4, 0.5) is 0 Å². The third-order valence-corrected chi connectivity index (χ3v) is 4.01. The number of rotatable bonds is 4. The number of aromatic nitrogens is 1. The minimum Gasteiger partial charge on any atom is -0.313 e. The van der Waals surface area contributed by atoms with Crippen LogP contribution in [-0.4, -0.2) is 12.0 Å². The molecule has 0 saturated heterocycles. The standard InChI is InChI=1S/C14H14Br2N2/c1-17-14(9-11-4-2-3-7-18-11)12-6-5-10(15)8-13(12)16/h2-8,14,17H,9H2,1H3. The first-order chi connectivity index (χ1) is 8.70. The Labute approximate surface area is 124 Å². The highest BCUT2D eigenvalue weighted by atomic mass is 79.9. The molecule has 1 aromatic carbocycles. The van der Waals surface area contributed by atoms with Crippen LogP contribution in [0.2, 0.25) is 0 Å². The summed E-state index contributed by atoms with van der Waals surface area (Å²) in [5.41, 5.74) is 2.33. The van der Waals surface area contributed by atoms with E-state index >= 15 is 0 Å². The van der Waals surface area contributed by atoms with Crippen LogP contribution in [0.5, 0.6) is 0 Å². The van der Waals surface area contributed by atoms with Gasteiger partial charge in [0, 0.05) is 33.3 Å². The molecule has 94 valence electrons. The van der Waals surface area contributed by atoms with Crippen LogP contribution >= 0.6 is 31.9 Å². The van der Waals surface area contributed by atoms with Gasteiger partial charge in [0.15, 0.2) is 0 Å². The normalized spacial score (nSPS) is 12.4. The summed E-state index contributed by atoms with van der Waals surface area (Å²) in [5, 5.41) is 3.34. The molecule has 1 unspecified atom stereocenters. The van der Waals surface area contributed by atoms with Crippen LogP contribution in [0, 0.1) is 0 Å². The molecule has 0 fully saturated rings. The molecule has 0 aliphatic rings. The fraction of sp³-hybridized carbons (Fsp3) is 0.214. The van der Waals surface area contributed by atoms with E-state index in [1.165, 1.54) is 5.56 Å². The van der Waals surface area contributed by atoms with Gasteiger partial charge in [0.1, 0.15) is 0 Å². The summed E-state index contributed by atoms with van der Waals surface area (Å²) < 4.78 is 2.18. The van der Waals surface area contributed by atoms with E-state index in [1.807, 2.05) is 25.4 Å². The first kappa shape index (κ1) is 13.7. The Hall–Kier alpha value is -0.710. The molecule has 4 heteroatoms. The topological polar surface area (TPSA) is 24.9 Å². The number of pyridine rings is 1. The monoisotopic (exact) mass is 368 g/mol. The molecule has 1 N–H and O–H groups in total. The van der Waals surface area contributed by atoms with Crippen molar-refractivity contribution in [3.05, 3.63) is 62.8 Å². The lowest BCUT2D eigenvalue weighted by Gasteiger charge is -2.18. The van der Waals surface area contributed by atoms with Gasteiger partial charge in [-0.25, -0.2) is 0 Å². The molecule has 0 amide bonds. The Morgan fingerprint density at radius 2 is 2.06 bits per heavy atom. The first-order valence-electron chi connectivity index (χ1n) is 5.73. The molecule has 1 atom stereocenters. The zero-order chi connectivity index (χ0) is 13.0. The second kappa shape index (κ2) is 6.45. The van der Waals surface area contributed by atoms with Gasteiger partial charge >= 0.3 is 0 Å². The molecule has 0 aliphatic carbocycles. The van der Waals surface area contributed by atoms with E-state index in [1.54, 1.807) is 0 Å². The largest absolute Gasteiger partial charge is 0.313 e. The van der Waals surface area contributed by atoms with Gasteiger partial charge in [0.2, 0.25) is 0 Å². The van der Waals surface area contributed by atoms with Crippen LogP contribution in [0.3, 0.4) is 0 Å². The summed E-state index contributed by atoms with van der Waals surface area (Å²) in [6.07, 6.45) is 2.70. The van der Waals surface area contributed by atoms with E-state index in [0.717, 1.165) is 21.1 Å². The van der Waals surface area contributed by atoms with Gasteiger partial charge in [-0.2, -0.15) is 0 Å². The lowest BCUT2D eigenvalue weighted by atomic mass is 10.0. The maximum absolute atomic E-state index is 4.37. The van der Waals surface area contributed by atoms with Crippen molar-refractivity contribution in [1.29, 1.82) is 0 Å². The summed E-state index contributed by atoms with van der Waals surface area (Å²) in [4.78, 5) is 4.37. The second-order valence-electron chi connectivity index (χ2n) is 4.03. The molecule has 2 aromatic rings. The Kier molecular flexibility index (Phi) is 4.92.